The van der Waals surface area contributed by atoms with Gasteiger partial charge in [-0.05, 0) is 51.0 Å². The van der Waals surface area contributed by atoms with Gasteiger partial charge in [0.15, 0.2) is 5.79 Å². The molecular formula is C28H40O6. The number of aryl methyl sites for hydroxylation is 2. The van der Waals surface area contributed by atoms with Crippen molar-refractivity contribution in [1.82, 2.24) is 0 Å². The molecule has 6 heteroatoms. The lowest BCUT2D eigenvalue weighted by atomic mass is 9.94. The molecule has 1 aliphatic carbocycles. The average Bonchev–Trinajstić information content (AvgIpc) is 2.86. The molecule has 1 saturated carbocycles. The highest BCUT2D eigenvalue weighted by molar-refractivity contribution is 5.26. The molecule has 1 aliphatic rings. The molecule has 6 nitrogen and oxygen atoms in total. The zero-order valence-electron chi connectivity index (χ0n) is 20.8. The van der Waals surface area contributed by atoms with Crippen molar-refractivity contribution in [2.45, 2.75) is 51.7 Å². The molecule has 0 amide bonds. The van der Waals surface area contributed by atoms with Crippen LogP contribution in [-0.2, 0) is 18.9 Å². The summed E-state index contributed by atoms with van der Waals surface area (Å²) in [5, 5.41) is 0. The van der Waals surface area contributed by atoms with Gasteiger partial charge >= 0.3 is 0 Å². The number of rotatable bonds is 16. The highest BCUT2D eigenvalue weighted by atomic mass is 16.7. The molecule has 0 aromatic heterocycles. The molecule has 3 rings (SSSR count). The Balaban J connectivity index is 1.23. The zero-order valence-corrected chi connectivity index (χ0v) is 20.8. The molecule has 2 aromatic carbocycles. The Morgan fingerprint density at radius 3 is 1.38 bits per heavy atom. The van der Waals surface area contributed by atoms with Gasteiger partial charge in [0.05, 0.1) is 39.6 Å². The Bertz CT molecular complexity index is 722. The first-order chi connectivity index (χ1) is 16.7. The predicted octanol–water partition coefficient (Wildman–Crippen LogP) is 5.49. The van der Waals surface area contributed by atoms with Crippen molar-refractivity contribution >= 4 is 0 Å². The third-order valence-electron chi connectivity index (χ3n) is 5.84. The van der Waals surface area contributed by atoms with Gasteiger partial charge in [0.2, 0.25) is 0 Å². The molecule has 0 spiro atoms. The predicted molar refractivity (Wildman–Crippen MR) is 133 cm³/mol. The molecule has 2 aromatic rings. The molecule has 0 atom stereocenters. The summed E-state index contributed by atoms with van der Waals surface area (Å²) >= 11 is 0. The van der Waals surface area contributed by atoms with Gasteiger partial charge in [-0.25, -0.2) is 0 Å². The monoisotopic (exact) mass is 472 g/mol. The van der Waals surface area contributed by atoms with Crippen molar-refractivity contribution in [1.29, 1.82) is 0 Å². The van der Waals surface area contributed by atoms with Crippen LogP contribution in [0.25, 0.3) is 0 Å². The van der Waals surface area contributed by atoms with Crippen molar-refractivity contribution in [3.05, 3.63) is 59.7 Å². The smallest absolute Gasteiger partial charge is 0.168 e. The van der Waals surface area contributed by atoms with Gasteiger partial charge in [-0.2, -0.15) is 0 Å². The topological polar surface area (TPSA) is 55.4 Å². The van der Waals surface area contributed by atoms with E-state index in [2.05, 4.69) is 13.8 Å². The van der Waals surface area contributed by atoms with E-state index in [9.17, 15) is 0 Å². The summed E-state index contributed by atoms with van der Waals surface area (Å²) in [6.45, 7) is 8.30. The van der Waals surface area contributed by atoms with Crippen LogP contribution in [0.15, 0.2) is 48.5 Å². The number of hydrogen-bond donors (Lipinski definition) is 0. The lowest BCUT2D eigenvalue weighted by Crippen LogP contribution is -2.40. The molecule has 0 heterocycles. The van der Waals surface area contributed by atoms with Crippen LogP contribution < -0.4 is 9.47 Å². The van der Waals surface area contributed by atoms with Gasteiger partial charge in [-0.1, -0.05) is 41.8 Å². The van der Waals surface area contributed by atoms with E-state index in [1.807, 2.05) is 48.5 Å². The molecule has 0 radical (unpaired) electrons. The molecule has 0 saturated heterocycles. The van der Waals surface area contributed by atoms with Crippen LogP contribution in [0.1, 0.15) is 43.2 Å². The SMILES string of the molecule is Cc1ccc(OCCOCCOC2(OCCOCCOc3ccc(C)cc3)CCCCC2)cc1. The summed E-state index contributed by atoms with van der Waals surface area (Å²) in [5.41, 5.74) is 2.44. The molecule has 0 unspecified atom stereocenters. The van der Waals surface area contributed by atoms with Crippen molar-refractivity contribution in [2.75, 3.05) is 52.9 Å². The van der Waals surface area contributed by atoms with Crippen molar-refractivity contribution < 1.29 is 28.4 Å². The van der Waals surface area contributed by atoms with E-state index in [1.54, 1.807) is 0 Å². The molecule has 34 heavy (non-hydrogen) atoms. The van der Waals surface area contributed by atoms with Crippen LogP contribution in [0, 0.1) is 13.8 Å². The summed E-state index contributed by atoms with van der Waals surface area (Å²) in [6.07, 6.45) is 5.31. The molecule has 188 valence electrons. The van der Waals surface area contributed by atoms with E-state index in [0.717, 1.165) is 37.2 Å². The van der Waals surface area contributed by atoms with Crippen molar-refractivity contribution in [2.24, 2.45) is 0 Å². The van der Waals surface area contributed by atoms with Gasteiger partial charge in [-0.3, -0.25) is 0 Å². The summed E-state index contributed by atoms with van der Waals surface area (Å²) in [5.74, 6) is 1.22. The highest BCUT2D eigenvalue weighted by Gasteiger charge is 2.33. The third-order valence-corrected chi connectivity index (χ3v) is 5.84. The maximum Gasteiger partial charge on any atom is 0.168 e. The largest absolute Gasteiger partial charge is 0.491 e. The minimum Gasteiger partial charge on any atom is -0.491 e. The van der Waals surface area contributed by atoms with Crippen molar-refractivity contribution in [3.8, 4) is 11.5 Å². The summed E-state index contributed by atoms with van der Waals surface area (Å²) in [4.78, 5) is 0. The first-order valence-electron chi connectivity index (χ1n) is 12.5. The van der Waals surface area contributed by atoms with E-state index in [-0.39, 0.29) is 0 Å². The Kier molecular flexibility index (Phi) is 11.7. The number of ether oxygens (including phenoxy) is 6. The third kappa shape index (κ3) is 10.0. The first kappa shape index (κ1) is 26.5. The highest BCUT2D eigenvalue weighted by Crippen LogP contribution is 2.32. The van der Waals surface area contributed by atoms with Gasteiger partial charge in [0, 0.05) is 12.8 Å². The van der Waals surface area contributed by atoms with E-state index in [0.29, 0.717) is 52.9 Å². The van der Waals surface area contributed by atoms with Gasteiger partial charge in [-0.15, -0.1) is 0 Å². The Labute approximate surface area is 204 Å². The fraction of sp³-hybridized carbons (Fsp3) is 0.571. The minimum absolute atomic E-state index is 0.510. The Hall–Kier alpha value is -2.12. The van der Waals surface area contributed by atoms with Crippen LogP contribution in [0.2, 0.25) is 0 Å². The first-order valence-corrected chi connectivity index (χ1v) is 12.5. The molecule has 0 aliphatic heterocycles. The van der Waals surface area contributed by atoms with Gasteiger partial charge in [0.1, 0.15) is 24.7 Å². The minimum atomic E-state index is -0.512. The quantitative estimate of drug-likeness (QED) is 0.238. The van der Waals surface area contributed by atoms with E-state index in [1.165, 1.54) is 17.5 Å². The van der Waals surface area contributed by atoms with Crippen LogP contribution in [0.5, 0.6) is 11.5 Å². The summed E-state index contributed by atoms with van der Waals surface area (Å²) in [6, 6.07) is 16.1. The normalized spacial score (nSPS) is 15.2. The molecule has 1 fully saturated rings. The summed E-state index contributed by atoms with van der Waals surface area (Å²) < 4.78 is 35.1. The Morgan fingerprint density at radius 1 is 0.529 bits per heavy atom. The molecular weight excluding hydrogens is 432 g/mol. The maximum absolute atomic E-state index is 6.18. The molecule has 0 N–H and O–H groups in total. The number of hydrogen-bond acceptors (Lipinski definition) is 6. The molecule has 0 bridgehead atoms. The van der Waals surface area contributed by atoms with Crippen LogP contribution >= 0.6 is 0 Å². The summed E-state index contributed by atoms with van der Waals surface area (Å²) in [7, 11) is 0. The lowest BCUT2D eigenvalue weighted by molar-refractivity contribution is -0.260. The van der Waals surface area contributed by atoms with Crippen LogP contribution in [-0.4, -0.2) is 58.6 Å². The lowest BCUT2D eigenvalue weighted by Gasteiger charge is -2.37. The van der Waals surface area contributed by atoms with Crippen LogP contribution in [0.4, 0.5) is 0 Å². The number of benzene rings is 2. The second kappa shape index (κ2) is 15.0. The van der Waals surface area contributed by atoms with Crippen LogP contribution in [0.3, 0.4) is 0 Å². The second-order valence-corrected chi connectivity index (χ2v) is 8.72. The van der Waals surface area contributed by atoms with Gasteiger partial charge in [0.25, 0.3) is 0 Å². The standard InChI is InChI=1S/C28H40O6/c1-24-6-10-26(11-7-24)31-20-16-29-18-22-33-28(14-4-3-5-15-28)34-23-19-30-17-21-32-27-12-8-25(2)9-13-27/h6-13H,3-5,14-23H2,1-2H3. The average molecular weight is 473 g/mol. The van der Waals surface area contributed by atoms with E-state index >= 15 is 0 Å². The Morgan fingerprint density at radius 2 is 0.941 bits per heavy atom. The maximum atomic E-state index is 6.18. The van der Waals surface area contributed by atoms with Gasteiger partial charge < -0.3 is 28.4 Å². The fourth-order valence-corrected chi connectivity index (χ4v) is 3.90. The fourth-order valence-electron chi connectivity index (χ4n) is 3.90. The van der Waals surface area contributed by atoms with E-state index < -0.39 is 5.79 Å². The zero-order chi connectivity index (χ0) is 23.9. The van der Waals surface area contributed by atoms with Crippen molar-refractivity contribution in [3.63, 3.8) is 0 Å². The van der Waals surface area contributed by atoms with E-state index in [4.69, 9.17) is 28.4 Å². The second-order valence-electron chi connectivity index (χ2n) is 8.72.